The Hall–Kier alpha value is -2.78. The van der Waals surface area contributed by atoms with Crippen molar-refractivity contribution in [2.45, 2.75) is 36.4 Å². The van der Waals surface area contributed by atoms with E-state index in [-0.39, 0.29) is 36.0 Å². The van der Waals surface area contributed by atoms with Gasteiger partial charge in [0.2, 0.25) is 0 Å². The van der Waals surface area contributed by atoms with Gasteiger partial charge in [-0.15, -0.1) is 0 Å². The van der Waals surface area contributed by atoms with Crippen LogP contribution in [0.15, 0.2) is 36.4 Å². The third kappa shape index (κ3) is 5.61. The first-order valence-electron chi connectivity index (χ1n) is 11.1. The van der Waals surface area contributed by atoms with Crippen molar-refractivity contribution in [3.05, 3.63) is 63.7 Å². The second kappa shape index (κ2) is 10.0. The molecule has 0 aliphatic carbocycles. The fourth-order valence-electron chi connectivity index (χ4n) is 4.49. The smallest absolute Gasteiger partial charge is 0.370 e. The maximum atomic E-state index is 14.5. The Kier molecular flexibility index (Phi) is 7.49. The zero-order chi connectivity index (χ0) is 29.0. The molecule has 2 unspecified atom stereocenters. The van der Waals surface area contributed by atoms with Crippen LogP contribution in [0.5, 0.6) is 0 Å². The van der Waals surface area contributed by atoms with E-state index in [1.54, 1.807) is 0 Å². The number of hydroxylamine groups is 1. The van der Waals surface area contributed by atoms with Gasteiger partial charge < -0.3 is 10.2 Å². The van der Waals surface area contributed by atoms with Crippen LogP contribution in [0.2, 0.25) is 5.02 Å². The van der Waals surface area contributed by atoms with E-state index in [0.29, 0.717) is 5.56 Å². The Morgan fingerprint density at radius 2 is 1.59 bits per heavy atom. The fraction of sp³-hybridized carbons (Fsp3) is 0.391. The van der Waals surface area contributed by atoms with Gasteiger partial charge in [-0.3, -0.25) is 9.63 Å². The summed E-state index contributed by atoms with van der Waals surface area (Å²) in [6.07, 6.45) is -16.8. The fourth-order valence-corrected chi connectivity index (χ4v) is 5.09. The zero-order valence-corrected chi connectivity index (χ0v) is 20.9. The van der Waals surface area contributed by atoms with Crippen LogP contribution in [-0.2, 0) is 27.4 Å². The van der Waals surface area contributed by atoms with Crippen molar-refractivity contribution in [1.82, 2.24) is 10.8 Å². The molecule has 39 heavy (non-hydrogen) atoms. The molecular weight excluding hydrogens is 589 g/mol. The largest absolute Gasteiger partial charge is 0.417 e. The van der Waals surface area contributed by atoms with Gasteiger partial charge in [0.1, 0.15) is 23.1 Å². The normalized spacial score (nSPS) is 22.3. The molecule has 0 bridgehead atoms. The minimum absolute atomic E-state index is 0.0150. The highest BCUT2D eigenvalue weighted by Gasteiger charge is 2.60. The van der Waals surface area contributed by atoms with Crippen molar-refractivity contribution in [1.29, 1.82) is 0 Å². The van der Waals surface area contributed by atoms with Gasteiger partial charge in [-0.1, -0.05) is 23.8 Å². The minimum Gasteiger partial charge on any atom is -0.370 e. The number of alkyl halides is 9. The van der Waals surface area contributed by atoms with E-state index in [2.05, 4.69) is 10.8 Å². The van der Waals surface area contributed by atoms with Crippen LogP contribution >= 0.6 is 23.8 Å². The Labute approximate surface area is 225 Å². The van der Waals surface area contributed by atoms with E-state index in [1.165, 1.54) is 29.2 Å². The van der Waals surface area contributed by atoms with Crippen molar-refractivity contribution in [3.63, 3.8) is 0 Å². The minimum atomic E-state index is -5.42. The van der Waals surface area contributed by atoms with Crippen molar-refractivity contribution < 1.29 is 49.1 Å². The van der Waals surface area contributed by atoms with Crippen LogP contribution < -0.4 is 15.7 Å². The summed E-state index contributed by atoms with van der Waals surface area (Å²) in [5, 5.41) is 1.05. The summed E-state index contributed by atoms with van der Waals surface area (Å²) in [5.74, 6) is -0.445. The lowest BCUT2D eigenvalue weighted by molar-refractivity contribution is -0.185. The summed E-state index contributed by atoms with van der Waals surface area (Å²) < 4.78 is 124. The molecule has 2 aliphatic heterocycles. The highest BCUT2D eigenvalue weighted by molar-refractivity contribution is 7.80. The number of halogens is 10. The molecule has 2 aliphatic rings. The van der Waals surface area contributed by atoms with E-state index in [1.807, 2.05) is 0 Å². The van der Waals surface area contributed by atoms with E-state index in [9.17, 15) is 44.3 Å². The van der Waals surface area contributed by atoms with Crippen LogP contribution in [0.4, 0.5) is 45.2 Å². The van der Waals surface area contributed by atoms with E-state index < -0.39 is 70.6 Å². The molecule has 4 rings (SSSR count). The van der Waals surface area contributed by atoms with Gasteiger partial charge >= 0.3 is 18.5 Å². The van der Waals surface area contributed by atoms with E-state index in [0.717, 1.165) is 0 Å². The average molecular weight is 606 g/mol. The molecule has 0 aromatic heterocycles. The number of benzene rings is 2. The summed E-state index contributed by atoms with van der Waals surface area (Å²) in [5.41, 5.74) is -5.43. The number of amides is 1. The van der Waals surface area contributed by atoms with Crippen molar-refractivity contribution in [3.8, 4) is 0 Å². The average Bonchev–Trinajstić information content (AvgIpc) is 3.45. The van der Waals surface area contributed by atoms with E-state index >= 15 is 0 Å². The standard InChI is InChI=1S/C23H17ClF9N3O2S/c24-17-14(21(25,26)27)7-12(8-15(17)22(28,29)30)20(23(31,32)33)5-6-36(10-20)13-3-1-11(2-4-13)19(39)34-16-9-38-35-18(16)37/h1-4,7-8,16H,5-6,9-10H2,(H,34,39)(H,35,37). The van der Waals surface area contributed by atoms with Crippen LogP contribution in [0, 0.1) is 0 Å². The van der Waals surface area contributed by atoms with Crippen LogP contribution in [0.25, 0.3) is 0 Å². The monoisotopic (exact) mass is 605 g/mol. The van der Waals surface area contributed by atoms with Gasteiger partial charge in [-0.2, -0.15) is 39.5 Å². The summed E-state index contributed by atoms with van der Waals surface area (Å²) in [7, 11) is 0. The first-order valence-corrected chi connectivity index (χ1v) is 11.9. The molecule has 2 fully saturated rings. The first-order chi connectivity index (χ1) is 17.9. The molecule has 212 valence electrons. The highest BCUT2D eigenvalue weighted by Crippen LogP contribution is 2.52. The second-order valence-corrected chi connectivity index (χ2v) is 9.77. The third-order valence-corrected chi connectivity index (χ3v) is 7.35. The topological polar surface area (TPSA) is 53.6 Å². The van der Waals surface area contributed by atoms with Crippen molar-refractivity contribution in [2.75, 3.05) is 24.6 Å². The molecule has 2 saturated heterocycles. The molecule has 2 heterocycles. The Morgan fingerprint density at radius 3 is 2.05 bits per heavy atom. The Morgan fingerprint density at radius 1 is 1.03 bits per heavy atom. The Bertz CT molecular complexity index is 1250. The van der Waals surface area contributed by atoms with E-state index in [4.69, 9.17) is 28.7 Å². The van der Waals surface area contributed by atoms with Gasteiger partial charge in [-0.25, -0.2) is 5.48 Å². The summed E-state index contributed by atoms with van der Waals surface area (Å²) >= 11 is 10.6. The SMILES string of the molecule is O=C1NOCC1NC(=S)c1ccc(N2CCC(c3cc(C(F)(F)F)c(Cl)c(C(F)(F)F)c3)(C(F)(F)F)C2)cc1. The molecule has 2 aromatic rings. The van der Waals surface area contributed by atoms with Crippen molar-refractivity contribution in [2.24, 2.45) is 0 Å². The molecule has 2 N–H and O–H groups in total. The number of nitrogens with zero attached hydrogens (tertiary/aromatic N) is 1. The first kappa shape index (κ1) is 29.2. The van der Waals surface area contributed by atoms with Gasteiger partial charge in [-0.05, 0) is 48.4 Å². The number of thiocarbonyl (C=S) groups is 1. The quantitative estimate of drug-likeness (QED) is 0.342. The number of carbonyl (C=O) groups is 1. The van der Waals surface area contributed by atoms with Crippen LogP contribution in [0.1, 0.15) is 28.7 Å². The maximum absolute atomic E-state index is 14.5. The molecule has 2 atom stereocenters. The summed E-state index contributed by atoms with van der Waals surface area (Å²) in [6.45, 7) is -1.23. The van der Waals surface area contributed by atoms with Gasteiger partial charge in [0.15, 0.2) is 0 Å². The van der Waals surface area contributed by atoms with Crippen LogP contribution in [0.3, 0.4) is 0 Å². The number of carbonyl (C=O) groups excluding carboxylic acids is 1. The molecule has 0 spiro atoms. The van der Waals surface area contributed by atoms with Gasteiger partial charge in [0.05, 0.1) is 16.1 Å². The second-order valence-electron chi connectivity index (χ2n) is 8.98. The number of hydrogen-bond acceptors (Lipinski definition) is 4. The van der Waals surface area contributed by atoms with Crippen molar-refractivity contribution >= 4 is 40.4 Å². The molecule has 5 nitrogen and oxygen atoms in total. The molecule has 0 radical (unpaired) electrons. The molecular formula is C23H17ClF9N3O2S. The predicted octanol–water partition coefficient (Wildman–Crippen LogP) is 5.78. The summed E-state index contributed by atoms with van der Waals surface area (Å²) in [6, 6.07) is 5.08. The van der Waals surface area contributed by atoms with Gasteiger partial charge in [0.25, 0.3) is 5.91 Å². The van der Waals surface area contributed by atoms with Gasteiger partial charge in [0, 0.05) is 24.3 Å². The van der Waals surface area contributed by atoms with Crippen LogP contribution in [-0.4, -0.2) is 42.8 Å². The summed E-state index contributed by atoms with van der Waals surface area (Å²) in [4.78, 5) is 17.8. The predicted molar refractivity (Wildman–Crippen MR) is 125 cm³/mol. The maximum Gasteiger partial charge on any atom is 0.417 e. The number of hydrogen-bond donors (Lipinski definition) is 2. The lowest BCUT2D eigenvalue weighted by Crippen LogP contribution is -2.45. The lowest BCUT2D eigenvalue weighted by atomic mass is 9.77. The zero-order valence-electron chi connectivity index (χ0n) is 19.3. The Balaban J connectivity index is 1.66. The molecule has 16 heteroatoms. The number of anilines is 1. The molecule has 0 saturated carbocycles. The lowest BCUT2D eigenvalue weighted by Gasteiger charge is -2.34. The third-order valence-electron chi connectivity index (χ3n) is 6.59. The highest BCUT2D eigenvalue weighted by atomic mass is 35.5. The molecule has 1 amide bonds. The molecule has 2 aromatic carbocycles. The number of nitrogens with one attached hydrogen (secondary N) is 2. The number of rotatable bonds is 4.